The van der Waals surface area contributed by atoms with E-state index in [9.17, 15) is 8.42 Å². The minimum atomic E-state index is -3.01. The van der Waals surface area contributed by atoms with Gasteiger partial charge in [-0.05, 0) is 24.2 Å². The van der Waals surface area contributed by atoms with Crippen LogP contribution in [0.2, 0.25) is 0 Å². The Balaban J connectivity index is 2.61. The third-order valence-corrected chi connectivity index (χ3v) is 6.23. The van der Waals surface area contributed by atoms with Crippen molar-refractivity contribution in [2.75, 3.05) is 33.1 Å². The van der Waals surface area contributed by atoms with Crippen LogP contribution in [0.3, 0.4) is 0 Å². The molecule has 1 aliphatic carbocycles. The molecule has 108 valence electrons. The Bertz CT molecular complexity index is 364. The molecule has 0 heterocycles. The second-order valence-corrected chi connectivity index (χ2v) is 9.01. The Kier molecular flexibility index (Phi) is 4.84. The third kappa shape index (κ3) is 3.45. The van der Waals surface area contributed by atoms with Gasteiger partial charge in [-0.25, -0.2) is 8.42 Å². The van der Waals surface area contributed by atoms with Crippen molar-refractivity contribution in [2.24, 2.45) is 11.3 Å². The summed E-state index contributed by atoms with van der Waals surface area (Å²) in [6.45, 7) is 8.41. The average molecular weight is 277 g/mol. The molecule has 0 radical (unpaired) electrons. The molecule has 0 aromatic carbocycles. The summed E-state index contributed by atoms with van der Waals surface area (Å²) < 4.78 is 28.4. The number of ether oxygens (including phenoxy) is 1. The van der Waals surface area contributed by atoms with Gasteiger partial charge >= 0.3 is 0 Å². The van der Waals surface area contributed by atoms with Crippen LogP contribution in [0.25, 0.3) is 0 Å². The molecule has 0 saturated heterocycles. The Hall–Kier alpha value is -0.130. The van der Waals surface area contributed by atoms with Gasteiger partial charge in [-0.3, -0.25) is 0 Å². The van der Waals surface area contributed by atoms with Crippen LogP contribution in [0.15, 0.2) is 0 Å². The number of hydrogen-bond acceptors (Lipinski definition) is 4. The fraction of sp³-hybridized carbons (Fsp3) is 1.00. The topological polar surface area (TPSA) is 55.4 Å². The van der Waals surface area contributed by atoms with Gasteiger partial charge in [0.05, 0.1) is 11.4 Å². The Morgan fingerprint density at radius 2 is 1.89 bits per heavy atom. The molecule has 1 fully saturated rings. The standard InChI is InChI=1S/C13H27NO3S/c1-12(2,3)11-8-13(9-11,18(5,15)16)10-14-6-7-17-4/h11,14H,6-10H2,1-5H3. The van der Waals surface area contributed by atoms with Gasteiger partial charge in [-0.15, -0.1) is 0 Å². The van der Waals surface area contributed by atoms with E-state index in [1.807, 2.05) is 0 Å². The molecular formula is C13H27NO3S. The zero-order valence-corrected chi connectivity index (χ0v) is 13.1. The van der Waals surface area contributed by atoms with Crippen molar-refractivity contribution in [3.8, 4) is 0 Å². The Morgan fingerprint density at radius 3 is 2.28 bits per heavy atom. The van der Waals surface area contributed by atoms with E-state index in [4.69, 9.17) is 4.74 Å². The van der Waals surface area contributed by atoms with E-state index < -0.39 is 14.6 Å². The molecule has 1 rings (SSSR count). The lowest BCUT2D eigenvalue weighted by Crippen LogP contribution is -2.58. The molecule has 0 unspecified atom stereocenters. The van der Waals surface area contributed by atoms with Crippen molar-refractivity contribution >= 4 is 9.84 Å². The summed E-state index contributed by atoms with van der Waals surface area (Å²) in [6.07, 6.45) is 2.91. The number of rotatable bonds is 6. The number of hydrogen-bond donors (Lipinski definition) is 1. The van der Waals surface area contributed by atoms with Crippen molar-refractivity contribution in [1.29, 1.82) is 0 Å². The second-order valence-electron chi connectivity index (χ2n) is 6.60. The minimum Gasteiger partial charge on any atom is -0.383 e. The first-order valence-electron chi connectivity index (χ1n) is 6.52. The highest BCUT2D eigenvalue weighted by atomic mass is 32.2. The predicted octanol–water partition coefficient (Wildman–Crippen LogP) is 1.46. The van der Waals surface area contributed by atoms with E-state index in [1.54, 1.807) is 7.11 Å². The highest BCUT2D eigenvalue weighted by Crippen LogP contribution is 2.51. The lowest BCUT2D eigenvalue weighted by molar-refractivity contribution is 0.0904. The van der Waals surface area contributed by atoms with Gasteiger partial charge in [0.25, 0.3) is 0 Å². The van der Waals surface area contributed by atoms with Gasteiger partial charge < -0.3 is 10.1 Å². The van der Waals surface area contributed by atoms with Gasteiger partial charge in [-0.2, -0.15) is 0 Å². The van der Waals surface area contributed by atoms with E-state index >= 15 is 0 Å². The molecule has 0 atom stereocenters. The van der Waals surface area contributed by atoms with Crippen molar-refractivity contribution in [3.63, 3.8) is 0 Å². The largest absolute Gasteiger partial charge is 0.383 e. The first-order chi connectivity index (χ1) is 8.12. The first kappa shape index (κ1) is 15.9. The predicted molar refractivity (Wildman–Crippen MR) is 74.5 cm³/mol. The molecule has 1 N–H and O–H groups in total. The molecule has 18 heavy (non-hydrogen) atoms. The maximum absolute atomic E-state index is 12.0. The molecule has 4 nitrogen and oxygen atoms in total. The van der Waals surface area contributed by atoms with Gasteiger partial charge in [0, 0.05) is 26.5 Å². The fourth-order valence-corrected chi connectivity index (χ4v) is 3.89. The molecular weight excluding hydrogens is 250 g/mol. The number of nitrogens with one attached hydrogen (secondary N) is 1. The van der Waals surface area contributed by atoms with E-state index in [2.05, 4.69) is 26.1 Å². The molecule has 5 heteroatoms. The summed E-state index contributed by atoms with van der Waals surface area (Å²) in [5.74, 6) is 0.497. The minimum absolute atomic E-state index is 0.195. The number of sulfone groups is 1. The smallest absolute Gasteiger partial charge is 0.154 e. The first-order valence-corrected chi connectivity index (χ1v) is 8.41. The zero-order valence-electron chi connectivity index (χ0n) is 12.2. The van der Waals surface area contributed by atoms with Crippen LogP contribution in [-0.4, -0.2) is 46.2 Å². The van der Waals surface area contributed by atoms with Gasteiger partial charge in [0.1, 0.15) is 0 Å². The molecule has 0 aromatic rings. The van der Waals surface area contributed by atoms with Gasteiger partial charge in [0.2, 0.25) is 0 Å². The second kappa shape index (κ2) is 5.47. The van der Waals surface area contributed by atoms with Crippen LogP contribution >= 0.6 is 0 Å². The summed E-state index contributed by atoms with van der Waals surface area (Å²) in [5.41, 5.74) is 0.195. The lowest BCUT2D eigenvalue weighted by atomic mass is 9.62. The van der Waals surface area contributed by atoms with E-state index in [0.717, 1.165) is 12.8 Å². The van der Waals surface area contributed by atoms with Crippen molar-refractivity contribution in [1.82, 2.24) is 5.32 Å². The van der Waals surface area contributed by atoms with Crippen LogP contribution < -0.4 is 5.32 Å². The summed E-state index contributed by atoms with van der Waals surface area (Å²) >= 11 is 0. The normalized spacial score (nSPS) is 29.1. The zero-order chi connectivity index (χ0) is 14.0. The number of methoxy groups -OCH3 is 1. The van der Waals surface area contributed by atoms with Gasteiger partial charge in [-0.1, -0.05) is 20.8 Å². The van der Waals surface area contributed by atoms with Crippen LogP contribution in [0.4, 0.5) is 0 Å². The highest BCUT2D eigenvalue weighted by Gasteiger charge is 2.54. The molecule has 0 aliphatic heterocycles. The quantitative estimate of drug-likeness (QED) is 0.747. The maximum Gasteiger partial charge on any atom is 0.154 e. The Morgan fingerprint density at radius 1 is 1.33 bits per heavy atom. The van der Waals surface area contributed by atoms with Crippen molar-refractivity contribution < 1.29 is 13.2 Å². The fourth-order valence-electron chi connectivity index (χ4n) is 2.52. The van der Waals surface area contributed by atoms with Crippen molar-refractivity contribution in [3.05, 3.63) is 0 Å². The third-order valence-electron chi connectivity index (χ3n) is 4.18. The SMILES string of the molecule is COCCNCC1(S(C)(=O)=O)CC(C(C)(C)C)C1. The highest BCUT2D eigenvalue weighted by molar-refractivity contribution is 7.92. The van der Waals surface area contributed by atoms with Crippen LogP contribution in [0.1, 0.15) is 33.6 Å². The lowest BCUT2D eigenvalue weighted by Gasteiger charge is -2.51. The summed E-state index contributed by atoms with van der Waals surface area (Å²) in [4.78, 5) is 0. The monoisotopic (exact) mass is 277 g/mol. The van der Waals surface area contributed by atoms with E-state index in [1.165, 1.54) is 6.26 Å². The van der Waals surface area contributed by atoms with Gasteiger partial charge in [0.15, 0.2) is 9.84 Å². The van der Waals surface area contributed by atoms with Crippen LogP contribution in [-0.2, 0) is 14.6 Å². The molecule has 1 aliphatic rings. The van der Waals surface area contributed by atoms with Crippen LogP contribution in [0, 0.1) is 11.3 Å². The Labute approximate surface area is 111 Å². The molecule has 0 aromatic heterocycles. The van der Waals surface area contributed by atoms with E-state index in [0.29, 0.717) is 25.6 Å². The molecule has 0 bridgehead atoms. The summed E-state index contributed by atoms with van der Waals surface area (Å²) in [7, 11) is -1.37. The molecule has 0 amide bonds. The molecule has 1 saturated carbocycles. The summed E-state index contributed by atoms with van der Waals surface area (Å²) in [6, 6.07) is 0. The average Bonchev–Trinajstić information content (AvgIpc) is 2.10. The van der Waals surface area contributed by atoms with E-state index in [-0.39, 0.29) is 5.41 Å². The van der Waals surface area contributed by atoms with Crippen molar-refractivity contribution in [2.45, 2.75) is 38.4 Å². The summed E-state index contributed by atoms with van der Waals surface area (Å²) in [5, 5.41) is 3.20. The molecule has 0 spiro atoms. The maximum atomic E-state index is 12.0. The van der Waals surface area contributed by atoms with Crippen LogP contribution in [0.5, 0.6) is 0 Å².